The fraction of sp³-hybridized carbons (Fsp3) is 0.308. The molecule has 0 aliphatic rings. The molecule has 0 atom stereocenters. The van der Waals surface area contributed by atoms with E-state index in [1.807, 2.05) is 0 Å². The maximum absolute atomic E-state index is 12.7. The van der Waals surface area contributed by atoms with Crippen molar-refractivity contribution in [3.63, 3.8) is 0 Å². The van der Waals surface area contributed by atoms with Gasteiger partial charge >= 0.3 is 12.1 Å². The average molecular weight is 313 g/mol. The van der Waals surface area contributed by atoms with Gasteiger partial charge in [-0.2, -0.15) is 4.99 Å². The number of carbonyl (C=O) groups is 2. The summed E-state index contributed by atoms with van der Waals surface area (Å²) < 4.78 is 17.6. The lowest BCUT2D eigenvalue weighted by Crippen LogP contribution is -2.36. The lowest BCUT2D eigenvalue weighted by molar-refractivity contribution is 0.158. The van der Waals surface area contributed by atoms with E-state index in [4.69, 9.17) is 4.74 Å². The summed E-state index contributed by atoms with van der Waals surface area (Å²) in [4.78, 5) is 26.2. The Kier molecular flexibility index (Phi) is 7.24. The van der Waals surface area contributed by atoms with Gasteiger partial charge in [0.2, 0.25) is 0 Å². The SMILES string of the molecule is CNC(=O)NC(=NC(=O)OCCc1ccc(F)cc1)SC. The summed E-state index contributed by atoms with van der Waals surface area (Å²) in [5.74, 6) is -0.315. The highest BCUT2D eigenvalue weighted by Crippen LogP contribution is 2.04. The van der Waals surface area contributed by atoms with E-state index in [2.05, 4.69) is 15.6 Å². The summed E-state index contributed by atoms with van der Waals surface area (Å²) >= 11 is 1.11. The van der Waals surface area contributed by atoms with E-state index in [1.54, 1.807) is 18.4 Å². The average Bonchev–Trinajstić information content (AvgIpc) is 2.48. The molecule has 3 amide bonds. The Morgan fingerprint density at radius 1 is 1.33 bits per heavy atom. The molecule has 0 fully saturated rings. The van der Waals surface area contributed by atoms with Crippen molar-refractivity contribution >= 4 is 29.1 Å². The van der Waals surface area contributed by atoms with Gasteiger partial charge in [-0.25, -0.2) is 14.0 Å². The van der Waals surface area contributed by atoms with Gasteiger partial charge < -0.3 is 10.1 Å². The first-order chi connectivity index (χ1) is 10.0. The number of hydrogen-bond acceptors (Lipinski definition) is 4. The number of halogens is 1. The molecule has 6 nitrogen and oxygen atoms in total. The topological polar surface area (TPSA) is 79.8 Å². The monoisotopic (exact) mass is 313 g/mol. The number of ether oxygens (including phenoxy) is 1. The molecule has 0 heterocycles. The number of carbonyl (C=O) groups excluding carboxylic acids is 2. The zero-order valence-electron chi connectivity index (χ0n) is 11.7. The maximum Gasteiger partial charge on any atom is 0.436 e. The Labute approximate surface area is 126 Å². The summed E-state index contributed by atoms with van der Waals surface area (Å²) in [6.07, 6.45) is 1.33. The van der Waals surface area contributed by atoms with E-state index in [0.29, 0.717) is 6.42 Å². The third kappa shape index (κ3) is 6.75. The third-order valence-corrected chi connectivity index (χ3v) is 2.94. The lowest BCUT2D eigenvalue weighted by Gasteiger charge is -2.05. The molecule has 1 rings (SSSR count). The van der Waals surface area contributed by atoms with Crippen molar-refractivity contribution in [1.29, 1.82) is 0 Å². The zero-order chi connectivity index (χ0) is 15.7. The van der Waals surface area contributed by atoms with Crippen LogP contribution in [0.3, 0.4) is 0 Å². The van der Waals surface area contributed by atoms with Crippen molar-refractivity contribution in [1.82, 2.24) is 10.6 Å². The standard InChI is InChI=1S/C13H16FN3O3S/c1-15-11(18)16-12(21-2)17-13(19)20-8-7-9-3-5-10(14)6-4-9/h3-6H,7-8H2,1-2H3,(H2,15,16,17,18,19). The highest BCUT2D eigenvalue weighted by molar-refractivity contribution is 8.13. The minimum Gasteiger partial charge on any atom is -0.448 e. The number of nitrogens with one attached hydrogen (secondary N) is 2. The molecule has 114 valence electrons. The number of rotatable bonds is 3. The molecule has 1 aromatic rings. The Hall–Kier alpha value is -2.09. The van der Waals surface area contributed by atoms with Gasteiger partial charge in [0.1, 0.15) is 5.82 Å². The molecular formula is C13H16FN3O3S. The molecule has 0 aliphatic carbocycles. The van der Waals surface area contributed by atoms with Crippen LogP contribution in [0.25, 0.3) is 0 Å². The fourth-order valence-electron chi connectivity index (χ4n) is 1.31. The second-order valence-corrected chi connectivity index (χ2v) is 4.61. The minimum atomic E-state index is -0.794. The van der Waals surface area contributed by atoms with Gasteiger partial charge in [0.05, 0.1) is 6.61 Å². The van der Waals surface area contributed by atoms with Crippen molar-refractivity contribution in [3.8, 4) is 0 Å². The van der Waals surface area contributed by atoms with Crippen molar-refractivity contribution in [2.75, 3.05) is 19.9 Å². The van der Waals surface area contributed by atoms with Crippen molar-refractivity contribution < 1.29 is 18.7 Å². The molecule has 0 unspecified atom stereocenters. The Morgan fingerprint density at radius 2 is 2.00 bits per heavy atom. The highest BCUT2D eigenvalue weighted by atomic mass is 32.2. The quantitative estimate of drug-likeness (QED) is 0.662. The van der Waals surface area contributed by atoms with Gasteiger partial charge in [-0.05, 0) is 24.0 Å². The largest absolute Gasteiger partial charge is 0.448 e. The van der Waals surface area contributed by atoms with Crippen LogP contribution in [-0.4, -0.2) is 37.2 Å². The van der Waals surface area contributed by atoms with Gasteiger partial charge in [0.25, 0.3) is 0 Å². The second-order valence-electron chi connectivity index (χ2n) is 3.82. The van der Waals surface area contributed by atoms with Gasteiger partial charge in [0, 0.05) is 13.5 Å². The number of thioether (sulfide) groups is 1. The van der Waals surface area contributed by atoms with Crippen LogP contribution in [0, 0.1) is 5.82 Å². The molecule has 0 bridgehead atoms. The predicted octanol–water partition coefficient (Wildman–Crippen LogP) is 2.15. The van der Waals surface area contributed by atoms with E-state index >= 15 is 0 Å². The molecule has 0 radical (unpaired) electrons. The van der Waals surface area contributed by atoms with Crippen LogP contribution in [0.5, 0.6) is 0 Å². The molecular weight excluding hydrogens is 297 g/mol. The van der Waals surface area contributed by atoms with Gasteiger partial charge in [-0.1, -0.05) is 23.9 Å². The number of benzene rings is 1. The molecule has 2 N–H and O–H groups in total. The second kappa shape index (κ2) is 8.96. The van der Waals surface area contributed by atoms with E-state index in [1.165, 1.54) is 19.2 Å². The van der Waals surface area contributed by atoms with E-state index in [9.17, 15) is 14.0 Å². The zero-order valence-corrected chi connectivity index (χ0v) is 12.5. The number of nitrogens with zero attached hydrogens (tertiary/aromatic N) is 1. The van der Waals surface area contributed by atoms with Crippen LogP contribution in [-0.2, 0) is 11.2 Å². The molecule has 21 heavy (non-hydrogen) atoms. The van der Waals surface area contributed by atoms with Gasteiger partial charge in [-0.3, -0.25) is 5.32 Å². The molecule has 0 spiro atoms. The Bertz CT molecular complexity index is 520. The summed E-state index contributed by atoms with van der Waals surface area (Å²) in [5, 5.41) is 4.87. The Morgan fingerprint density at radius 3 is 2.57 bits per heavy atom. The summed E-state index contributed by atoms with van der Waals surface area (Å²) in [5.41, 5.74) is 0.849. The van der Waals surface area contributed by atoms with Crippen LogP contribution in [0.15, 0.2) is 29.3 Å². The highest BCUT2D eigenvalue weighted by Gasteiger charge is 2.07. The molecule has 0 aliphatic heterocycles. The number of aliphatic imine (C=N–C) groups is 1. The summed E-state index contributed by atoms with van der Waals surface area (Å²) in [7, 11) is 1.45. The van der Waals surface area contributed by atoms with Crippen molar-refractivity contribution in [2.45, 2.75) is 6.42 Å². The van der Waals surface area contributed by atoms with E-state index in [0.717, 1.165) is 17.3 Å². The van der Waals surface area contributed by atoms with E-state index in [-0.39, 0.29) is 17.6 Å². The molecule has 8 heteroatoms. The predicted molar refractivity (Wildman–Crippen MR) is 80.0 cm³/mol. The molecule has 0 saturated heterocycles. The minimum absolute atomic E-state index is 0.121. The summed E-state index contributed by atoms with van der Waals surface area (Å²) in [6.45, 7) is 0.121. The van der Waals surface area contributed by atoms with Gasteiger partial charge in [-0.15, -0.1) is 0 Å². The molecule has 1 aromatic carbocycles. The van der Waals surface area contributed by atoms with Crippen LogP contribution in [0.2, 0.25) is 0 Å². The summed E-state index contributed by atoms with van der Waals surface area (Å²) in [6, 6.07) is 5.45. The van der Waals surface area contributed by atoms with Crippen LogP contribution in [0.4, 0.5) is 14.0 Å². The van der Waals surface area contributed by atoms with Gasteiger partial charge in [0.15, 0.2) is 5.17 Å². The first kappa shape index (κ1) is 17.0. The van der Waals surface area contributed by atoms with Crippen molar-refractivity contribution in [3.05, 3.63) is 35.6 Å². The van der Waals surface area contributed by atoms with Crippen molar-refractivity contribution in [2.24, 2.45) is 4.99 Å². The smallest absolute Gasteiger partial charge is 0.436 e. The fourth-order valence-corrected chi connectivity index (χ4v) is 1.67. The third-order valence-electron chi connectivity index (χ3n) is 2.36. The number of hydrogen-bond donors (Lipinski definition) is 2. The number of amides is 3. The van der Waals surface area contributed by atoms with Crippen LogP contribution >= 0.6 is 11.8 Å². The van der Waals surface area contributed by atoms with Crippen LogP contribution in [0.1, 0.15) is 5.56 Å². The number of urea groups is 1. The molecule has 0 aromatic heterocycles. The van der Waals surface area contributed by atoms with Crippen LogP contribution < -0.4 is 10.6 Å². The van der Waals surface area contributed by atoms with E-state index < -0.39 is 12.1 Å². The lowest BCUT2D eigenvalue weighted by atomic mass is 10.2. The molecule has 0 saturated carbocycles. The normalized spacial score (nSPS) is 10.9. The Balaban J connectivity index is 2.41. The first-order valence-electron chi connectivity index (χ1n) is 6.07. The number of amidine groups is 1. The maximum atomic E-state index is 12.7. The first-order valence-corrected chi connectivity index (χ1v) is 7.30.